The average Bonchev–Trinajstić information content (AvgIpc) is 3.06. The molecule has 1 unspecified atom stereocenters. The van der Waals surface area contributed by atoms with Gasteiger partial charge in [0, 0.05) is 5.92 Å². The molecular formula is C15H19N7OS. The molecule has 2 aromatic heterocycles. The van der Waals surface area contributed by atoms with Gasteiger partial charge in [-0.15, -0.1) is 10.2 Å². The van der Waals surface area contributed by atoms with Crippen molar-refractivity contribution in [2.45, 2.75) is 51.0 Å². The molecule has 1 amide bonds. The minimum atomic E-state index is -0.320. The van der Waals surface area contributed by atoms with E-state index in [9.17, 15) is 4.79 Å². The summed E-state index contributed by atoms with van der Waals surface area (Å²) in [7, 11) is 0. The van der Waals surface area contributed by atoms with Crippen molar-refractivity contribution in [1.29, 1.82) is 0 Å². The van der Waals surface area contributed by atoms with Gasteiger partial charge in [-0.25, -0.2) is 9.97 Å². The van der Waals surface area contributed by atoms with Crippen LogP contribution in [0.25, 0.3) is 0 Å². The van der Waals surface area contributed by atoms with Crippen LogP contribution >= 0.6 is 11.3 Å². The summed E-state index contributed by atoms with van der Waals surface area (Å²) in [5.74, 6) is 1.55. The van der Waals surface area contributed by atoms with Crippen molar-refractivity contribution in [3.63, 3.8) is 0 Å². The number of carbonyl (C=O) groups is 1. The molecule has 1 saturated carbocycles. The van der Waals surface area contributed by atoms with Crippen molar-refractivity contribution in [1.82, 2.24) is 20.2 Å². The molecule has 0 radical (unpaired) electrons. The van der Waals surface area contributed by atoms with E-state index < -0.39 is 0 Å². The molecule has 2 aliphatic rings. The molecule has 126 valence electrons. The summed E-state index contributed by atoms with van der Waals surface area (Å²) in [5.41, 5.74) is 0.551. The van der Waals surface area contributed by atoms with E-state index in [0.29, 0.717) is 28.4 Å². The molecule has 3 N–H and O–H groups in total. The smallest absolute Gasteiger partial charge is 0.246 e. The summed E-state index contributed by atoms with van der Waals surface area (Å²) in [4.78, 5) is 20.3. The fraction of sp³-hybridized carbons (Fsp3) is 0.533. The number of anilines is 4. The van der Waals surface area contributed by atoms with Gasteiger partial charge in [-0.05, 0) is 19.8 Å². The lowest BCUT2D eigenvalue weighted by Crippen LogP contribution is -2.37. The van der Waals surface area contributed by atoms with E-state index in [1.165, 1.54) is 38.4 Å². The number of rotatable bonds is 3. The maximum Gasteiger partial charge on any atom is 0.246 e. The Balaban J connectivity index is 1.55. The summed E-state index contributed by atoms with van der Waals surface area (Å²) in [6.07, 6.45) is 7.69. The molecule has 8 nitrogen and oxygen atoms in total. The molecule has 24 heavy (non-hydrogen) atoms. The largest absolute Gasteiger partial charge is 0.357 e. The lowest BCUT2D eigenvalue weighted by molar-refractivity contribution is -0.116. The Morgan fingerprint density at radius 2 is 2.04 bits per heavy atom. The lowest BCUT2D eigenvalue weighted by atomic mass is 9.90. The van der Waals surface area contributed by atoms with E-state index in [4.69, 9.17) is 0 Å². The Morgan fingerprint density at radius 1 is 1.21 bits per heavy atom. The molecule has 4 rings (SSSR count). The van der Waals surface area contributed by atoms with Gasteiger partial charge in [0.15, 0.2) is 11.6 Å². The summed E-state index contributed by atoms with van der Waals surface area (Å²) >= 11 is 1.56. The van der Waals surface area contributed by atoms with Crippen molar-refractivity contribution in [3.05, 3.63) is 11.3 Å². The zero-order chi connectivity index (χ0) is 16.5. The van der Waals surface area contributed by atoms with E-state index in [-0.39, 0.29) is 11.9 Å². The molecule has 2 aromatic rings. The first-order valence-corrected chi connectivity index (χ1v) is 9.05. The fourth-order valence-corrected chi connectivity index (χ4v) is 4.02. The van der Waals surface area contributed by atoms with Gasteiger partial charge in [-0.3, -0.25) is 4.79 Å². The third-order valence-electron chi connectivity index (χ3n) is 4.46. The SMILES string of the molecule is CC1Nc2ncnc(Nc3nnc(C4CCCCC4)s3)c2NC1=O. The second kappa shape index (κ2) is 6.31. The number of nitrogens with zero attached hydrogens (tertiary/aromatic N) is 4. The van der Waals surface area contributed by atoms with Gasteiger partial charge in [-0.2, -0.15) is 0 Å². The van der Waals surface area contributed by atoms with Crippen molar-refractivity contribution in [2.75, 3.05) is 16.0 Å². The van der Waals surface area contributed by atoms with E-state index in [1.807, 2.05) is 0 Å². The van der Waals surface area contributed by atoms with Crippen LogP contribution in [0.2, 0.25) is 0 Å². The molecule has 1 aliphatic heterocycles. The Hall–Kier alpha value is -2.29. The van der Waals surface area contributed by atoms with E-state index >= 15 is 0 Å². The Morgan fingerprint density at radius 3 is 2.88 bits per heavy atom. The normalized spacial score (nSPS) is 20.9. The van der Waals surface area contributed by atoms with Crippen LogP contribution in [0.5, 0.6) is 0 Å². The molecule has 0 aromatic carbocycles. The summed E-state index contributed by atoms with van der Waals surface area (Å²) in [5, 5.41) is 19.4. The average molecular weight is 345 g/mol. The van der Waals surface area contributed by atoms with Crippen LogP contribution in [0.3, 0.4) is 0 Å². The second-order valence-corrected chi connectivity index (χ2v) is 7.22. The fourth-order valence-electron chi connectivity index (χ4n) is 3.11. The van der Waals surface area contributed by atoms with Crippen LogP contribution < -0.4 is 16.0 Å². The van der Waals surface area contributed by atoms with Crippen LogP contribution in [-0.4, -0.2) is 32.1 Å². The monoisotopic (exact) mass is 345 g/mol. The quantitative estimate of drug-likeness (QED) is 0.785. The van der Waals surface area contributed by atoms with Crippen molar-refractivity contribution in [3.8, 4) is 0 Å². The first-order valence-electron chi connectivity index (χ1n) is 8.23. The van der Waals surface area contributed by atoms with Crippen LogP contribution in [0.1, 0.15) is 50.0 Å². The number of aromatic nitrogens is 4. The predicted octanol–water partition coefficient (Wildman–Crippen LogP) is 2.87. The summed E-state index contributed by atoms with van der Waals surface area (Å²) in [6.45, 7) is 1.79. The second-order valence-electron chi connectivity index (χ2n) is 6.21. The van der Waals surface area contributed by atoms with Gasteiger partial charge < -0.3 is 16.0 Å². The maximum absolute atomic E-state index is 11.9. The minimum Gasteiger partial charge on any atom is -0.357 e. The molecule has 0 saturated heterocycles. The highest BCUT2D eigenvalue weighted by Crippen LogP contribution is 2.37. The third kappa shape index (κ3) is 2.91. The highest BCUT2D eigenvalue weighted by Gasteiger charge is 2.26. The number of amides is 1. The Bertz CT molecular complexity index is 756. The maximum atomic E-state index is 11.9. The van der Waals surface area contributed by atoms with Gasteiger partial charge in [-0.1, -0.05) is 30.6 Å². The predicted molar refractivity (Wildman–Crippen MR) is 92.8 cm³/mol. The van der Waals surface area contributed by atoms with Crippen LogP contribution in [-0.2, 0) is 4.79 Å². The first-order chi connectivity index (χ1) is 11.7. The number of carbonyl (C=O) groups excluding carboxylic acids is 1. The van der Waals surface area contributed by atoms with Gasteiger partial charge in [0.1, 0.15) is 23.1 Å². The molecule has 1 atom stereocenters. The highest BCUT2D eigenvalue weighted by molar-refractivity contribution is 7.15. The number of fused-ring (bicyclic) bond motifs is 1. The van der Waals surface area contributed by atoms with Gasteiger partial charge >= 0.3 is 0 Å². The van der Waals surface area contributed by atoms with Crippen molar-refractivity contribution in [2.24, 2.45) is 0 Å². The lowest BCUT2D eigenvalue weighted by Gasteiger charge is -2.24. The standard InChI is InChI=1S/C15H19N7OS/c1-8-13(23)19-10-11(18-8)16-7-17-12(10)20-15-22-21-14(24-15)9-5-3-2-4-6-9/h7-9H,2-6H2,1H3,(H,19,23)(H2,16,17,18,20,22). The Kier molecular flexibility index (Phi) is 4.01. The molecular weight excluding hydrogens is 326 g/mol. The molecule has 1 fully saturated rings. The molecule has 3 heterocycles. The van der Waals surface area contributed by atoms with Crippen LogP contribution in [0.4, 0.5) is 22.5 Å². The Labute approximate surface area is 143 Å². The zero-order valence-electron chi connectivity index (χ0n) is 13.4. The zero-order valence-corrected chi connectivity index (χ0v) is 14.2. The first kappa shape index (κ1) is 15.3. The molecule has 0 bridgehead atoms. The van der Waals surface area contributed by atoms with E-state index in [2.05, 4.69) is 36.1 Å². The van der Waals surface area contributed by atoms with Gasteiger partial charge in [0.05, 0.1) is 0 Å². The topological polar surface area (TPSA) is 105 Å². The highest BCUT2D eigenvalue weighted by atomic mass is 32.1. The number of hydrogen-bond acceptors (Lipinski definition) is 8. The summed E-state index contributed by atoms with van der Waals surface area (Å²) in [6, 6.07) is -0.320. The minimum absolute atomic E-state index is 0.111. The molecule has 9 heteroatoms. The molecule has 0 spiro atoms. The van der Waals surface area contributed by atoms with Crippen LogP contribution in [0.15, 0.2) is 6.33 Å². The van der Waals surface area contributed by atoms with Crippen LogP contribution in [0, 0.1) is 0 Å². The van der Waals surface area contributed by atoms with Gasteiger partial charge in [0.25, 0.3) is 0 Å². The van der Waals surface area contributed by atoms with E-state index in [1.54, 1.807) is 18.3 Å². The van der Waals surface area contributed by atoms with Crippen molar-refractivity contribution < 1.29 is 4.79 Å². The van der Waals surface area contributed by atoms with Gasteiger partial charge in [0.2, 0.25) is 11.0 Å². The number of nitrogens with one attached hydrogen (secondary N) is 3. The third-order valence-corrected chi connectivity index (χ3v) is 5.46. The summed E-state index contributed by atoms with van der Waals surface area (Å²) < 4.78 is 0. The molecule has 1 aliphatic carbocycles. The number of hydrogen-bond donors (Lipinski definition) is 3. The van der Waals surface area contributed by atoms with E-state index in [0.717, 1.165) is 5.01 Å². The van der Waals surface area contributed by atoms with Crippen molar-refractivity contribution >= 4 is 39.7 Å².